The molecule has 1 rings (SSSR count). The molecular formula is C16H34N2O. The Morgan fingerprint density at radius 2 is 2.05 bits per heavy atom. The maximum atomic E-state index is 5.24. The summed E-state index contributed by atoms with van der Waals surface area (Å²) in [5, 5.41) is 3.66. The van der Waals surface area contributed by atoms with Gasteiger partial charge in [-0.15, -0.1) is 0 Å². The zero-order valence-electron chi connectivity index (χ0n) is 13.5. The van der Waals surface area contributed by atoms with Crippen molar-refractivity contribution < 1.29 is 4.74 Å². The number of nitrogens with one attached hydrogen (secondary N) is 1. The zero-order valence-corrected chi connectivity index (χ0v) is 13.5. The van der Waals surface area contributed by atoms with Crippen LogP contribution in [0.25, 0.3) is 0 Å². The van der Waals surface area contributed by atoms with Crippen LogP contribution in [-0.4, -0.2) is 50.3 Å². The van der Waals surface area contributed by atoms with E-state index in [-0.39, 0.29) is 0 Å². The molecule has 0 aromatic heterocycles. The third-order valence-corrected chi connectivity index (χ3v) is 4.71. The summed E-state index contributed by atoms with van der Waals surface area (Å²) < 4.78 is 5.24. The van der Waals surface area contributed by atoms with E-state index < -0.39 is 0 Å². The van der Waals surface area contributed by atoms with Crippen molar-refractivity contribution in [1.82, 2.24) is 10.2 Å². The molecule has 114 valence electrons. The molecule has 0 radical (unpaired) electrons. The Labute approximate surface area is 120 Å². The second-order valence-electron chi connectivity index (χ2n) is 5.93. The van der Waals surface area contributed by atoms with Gasteiger partial charge in [0.1, 0.15) is 0 Å². The number of ether oxygens (including phenoxy) is 1. The van der Waals surface area contributed by atoms with Crippen LogP contribution in [0.2, 0.25) is 0 Å². The predicted octanol–water partition coefficient (Wildman–Crippen LogP) is 2.90. The standard InChI is InChI=1S/C16H34N2O/c1-5-14(3)18(12-13-19-4)11-10-15-8-7-9-16(15)17-6-2/h14-17H,5-13H2,1-4H3. The van der Waals surface area contributed by atoms with E-state index in [4.69, 9.17) is 4.74 Å². The maximum absolute atomic E-state index is 5.24. The van der Waals surface area contributed by atoms with Crippen molar-refractivity contribution in [1.29, 1.82) is 0 Å². The summed E-state index contributed by atoms with van der Waals surface area (Å²) in [6.07, 6.45) is 6.76. The van der Waals surface area contributed by atoms with Crippen LogP contribution in [0.5, 0.6) is 0 Å². The molecule has 0 amide bonds. The van der Waals surface area contributed by atoms with Crippen molar-refractivity contribution in [3.05, 3.63) is 0 Å². The van der Waals surface area contributed by atoms with Crippen LogP contribution in [0.1, 0.15) is 52.9 Å². The van der Waals surface area contributed by atoms with Crippen LogP contribution in [0.4, 0.5) is 0 Å². The molecule has 1 aliphatic rings. The van der Waals surface area contributed by atoms with Gasteiger partial charge in [-0.05, 0) is 51.6 Å². The fraction of sp³-hybridized carbons (Fsp3) is 1.00. The molecule has 1 N–H and O–H groups in total. The van der Waals surface area contributed by atoms with E-state index in [0.717, 1.165) is 31.7 Å². The molecule has 0 spiro atoms. The lowest BCUT2D eigenvalue weighted by atomic mass is 9.98. The summed E-state index contributed by atoms with van der Waals surface area (Å²) in [5.74, 6) is 0.883. The molecule has 0 aromatic rings. The SMILES string of the molecule is CCNC1CCCC1CCN(CCOC)C(C)CC. The normalized spacial score (nSPS) is 25.1. The van der Waals surface area contributed by atoms with Gasteiger partial charge in [0.2, 0.25) is 0 Å². The largest absolute Gasteiger partial charge is 0.383 e. The lowest BCUT2D eigenvalue weighted by Gasteiger charge is -2.30. The minimum atomic E-state index is 0.675. The minimum Gasteiger partial charge on any atom is -0.383 e. The van der Waals surface area contributed by atoms with E-state index in [1.165, 1.54) is 38.6 Å². The molecule has 1 fully saturated rings. The molecule has 0 bridgehead atoms. The molecule has 1 aliphatic carbocycles. The first-order valence-corrected chi connectivity index (χ1v) is 8.19. The molecule has 0 saturated heterocycles. The molecule has 0 heterocycles. The lowest BCUT2D eigenvalue weighted by Crippen LogP contribution is -2.39. The van der Waals surface area contributed by atoms with Gasteiger partial charge < -0.3 is 10.1 Å². The van der Waals surface area contributed by atoms with Crippen LogP contribution in [0.3, 0.4) is 0 Å². The second kappa shape index (κ2) is 9.73. The predicted molar refractivity (Wildman–Crippen MR) is 82.6 cm³/mol. The lowest BCUT2D eigenvalue weighted by molar-refractivity contribution is 0.116. The van der Waals surface area contributed by atoms with Gasteiger partial charge in [0.05, 0.1) is 6.61 Å². The summed E-state index contributed by atoms with van der Waals surface area (Å²) in [4.78, 5) is 2.60. The average Bonchev–Trinajstić information content (AvgIpc) is 2.86. The van der Waals surface area contributed by atoms with E-state index in [1.807, 2.05) is 0 Å². The van der Waals surface area contributed by atoms with Crippen LogP contribution < -0.4 is 5.32 Å². The van der Waals surface area contributed by atoms with E-state index in [9.17, 15) is 0 Å². The minimum absolute atomic E-state index is 0.675. The Morgan fingerprint density at radius 3 is 2.68 bits per heavy atom. The number of nitrogens with zero attached hydrogens (tertiary/aromatic N) is 1. The van der Waals surface area contributed by atoms with Crippen molar-refractivity contribution in [2.75, 3.05) is 33.4 Å². The Bertz CT molecular complexity index is 223. The Morgan fingerprint density at radius 1 is 1.26 bits per heavy atom. The molecule has 0 aliphatic heterocycles. The zero-order chi connectivity index (χ0) is 14.1. The first kappa shape index (κ1) is 16.9. The molecular weight excluding hydrogens is 236 g/mol. The highest BCUT2D eigenvalue weighted by atomic mass is 16.5. The number of rotatable bonds is 10. The smallest absolute Gasteiger partial charge is 0.0589 e. The van der Waals surface area contributed by atoms with E-state index in [1.54, 1.807) is 7.11 Å². The molecule has 3 heteroatoms. The maximum Gasteiger partial charge on any atom is 0.0589 e. The fourth-order valence-electron chi connectivity index (χ4n) is 3.26. The van der Waals surface area contributed by atoms with Gasteiger partial charge in [0.25, 0.3) is 0 Å². The van der Waals surface area contributed by atoms with E-state index in [2.05, 4.69) is 31.0 Å². The quantitative estimate of drug-likeness (QED) is 0.660. The van der Waals surface area contributed by atoms with Crippen molar-refractivity contribution in [2.45, 2.75) is 65.0 Å². The number of hydrogen-bond donors (Lipinski definition) is 1. The summed E-state index contributed by atoms with van der Waals surface area (Å²) in [6, 6.07) is 1.44. The van der Waals surface area contributed by atoms with Gasteiger partial charge in [-0.2, -0.15) is 0 Å². The third kappa shape index (κ3) is 5.80. The van der Waals surface area contributed by atoms with Gasteiger partial charge in [0.15, 0.2) is 0 Å². The van der Waals surface area contributed by atoms with E-state index in [0.29, 0.717) is 6.04 Å². The Balaban J connectivity index is 2.37. The van der Waals surface area contributed by atoms with Gasteiger partial charge >= 0.3 is 0 Å². The highest BCUT2D eigenvalue weighted by molar-refractivity contribution is 4.83. The first-order chi connectivity index (χ1) is 9.22. The number of methoxy groups -OCH3 is 1. The van der Waals surface area contributed by atoms with E-state index >= 15 is 0 Å². The molecule has 1 saturated carbocycles. The van der Waals surface area contributed by atoms with Crippen molar-refractivity contribution in [3.8, 4) is 0 Å². The Hall–Kier alpha value is -0.120. The van der Waals surface area contributed by atoms with Gasteiger partial charge in [-0.25, -0.2) is 0 Å². The van der Waals surface area contributed by atoms with Crippen LogP contribution in [-0.2, 0) is 4.74 Å². The average molecular weight is 270 g/mol. The monoisotopic (exact) mass is 270 g/mol. The molecule has 3 nitrogen and oxygen atoms in total. The van der Waals surface area contributed by atoms with Crippen LogP contribution in [0.15, 0.2) is 0 Å². The topological polar surface area (TPSA) is 24.5 Å². The molecule has 3 unspecified atom stereocenters. The molecule has 3 atom stereocenters. The van der Waals surface area contributed by atoms with Crippen molar-refractivity contribution in [2.24, 2.45) is 5.92 Å². The third-order valence-electron chi connectivity index (χ3n) is 4.71. The molecule has 19 heavy (non-hydrogen) atoms. The van der Waals surface area contributed by atoms with Crippen molar-refractivity contribution in [3.63, 3.8) is 0 Å². The van der Waals surface area contributed by atoms with Crippen molar-refractivity contribution >= 4 is 0 Å². The number of hydrogen-bond acceptors (Lipinski definition) is 3. The van der Waals surface area contributed by atoms with Crippen LogP contribution in [0, 0.1) is 5.92 Å². The summed E-state index contributed by atoms with van der Waals surface area (Å²) in [5.41, 5.74) is 0. The fourth-order valence-corrected chi connectivity index (χ4v) is 3.26. The summed E-state index contributed by atoms with van der Waals surface area (Å²) in [6.45, 7) is 11.1. The van der Waals surface area contributed by atoms with Gasteiger partial charge in [-0.1, -0.05) is 20.3 Å². The van der Waals surface area contributed by atoms with Gasteiger partial charge in [0, 0.05) is 25.7 Å². The molecule has 0 aromatic carbocycles. The summed E-state index contributed by atoms with van der Waals surface area (Å²) >= 11 is 0. The second-order valence-corrected chi connectivity index (χ2v) is 5.93. The highest BCUT2D eigenvalue weighted by Crippen LogP contribution is 2.28. The first-order valence-electron chi connectivity index (χ1n) is 8.19. The van der Waals surface area contributed by atoms with Gasteiger partial charge in [-0.3, -0.25) is 4.90 Å². The van der Waals surface area contributed by atoms with Crippen LogP contribution >= 0.6 is 0 Å². The Kier molecular flexibility index (Phi) is 8.67. The summed E-state index contributed by atoms with van der Waals surface area (Å²) in [7, 11) is 1.80. The highest BCUT2D eigenvalue weighted by Gasteiger charge is 2.26.